The van der Waals surface area contributed by atoms with Crippen molar-refractivity contribution < 1.29 is 14.6 Å². The highest BCUT2D eigenvalue weighted by Gasteiger charge is 2.16. The number of fused-ring (bicyclic) bond motifs is 1. The number of aryl methyl sites for hydroxylation is 1. The van der Waals surface area contributed by atoms with Gasteiger partial charge in [-0.2, -0.15) is 0 Å². The molecule has 0 fully saturated rings. The van der Waals surface area contributed by atoms with Crippen molar-refractivity contribution in [3.05, 3.63) is 51.4 Å². The molecular weight excluding hydrogens is 366 g/mol. The largest absolute Gasteiger partial charge is 0.491 e. The number of rotatable bonds is 6. The van der Waals surface area contributed by atoms with E-state index >= 15 is 0 Å². The Morgan fingerprint density at radius 3 is 2.54 bits per heavy atom. The molecule has 0 spiro atoms. The molecule has 0 bridgehead atoms. The van der Waals surface area contributed by atoms with Crippen molar-refractivity contribution in [2.45, 2.75) is 19.6 Å². The highest BCUT2D eigenvalue weighted by atomic mass is 16.5. The van der Waals surface area contributed by atoms with Gasteiger partial charge in [0, 0.05) is 26.7 Å². The molecule has 0 saturated carbocycles. The summed E-state index contributed by atoms with van der Waals surface area (Å²) < 4.78 is 9.34. The molecule has 1 unspecified atom stereocenters. The number of amides is 1. The van der Waals surface area contributed by atoms with E-state index in [1.165, 1.54) is 36.5 Å². The Kier molecular flexibility index (Phi) is 5.32. The van der Waals surface area contributed by atoms with E-state index in [-0.39, 0.29) is 30.2 Å². The number of carbonyl (C=O) groups excluding carboxylic acids is 1. The third kappa shape index (κ3) is 3.81. The lowest BCUT2D eigenvalue weighted by Crippen LogP contribution is -2.38. The summed E-state index contributed by atoms with van der Waals surface area (Å²) in [4.78, 5) is 39.5. The van der Waals surface area contributed by atoms with E-state index in [1.54, 1.807) is 24.3 Å². The SMILES string of the molecule is CC(=O)Nc1ccc(OCC(O)Cn2cnc3c2c(=O)n(C)c(=O)n3C)cc1. The monoisotopic (exact) mass is 387 g/mol. The van der Waals surface area contributed by atoms with Gasteiger partial charge in [0.2, 0.25) is 5.91 Å². The Bertz CT molecular complexity index is 1130. The molecule has 2 N–H and O–H groups in total. The van der Waals surface area contributed by atoms with Gasteiger partial charge in [-0.1, -0.05) is 0 Å². The first-order valence-corrected chi connectivity index (χ1v) is 8.57. The minimum atomic E-state index is -0.908. The molecule has 3 aromatic rings. The lowest BCUT2D eigenvalue weighted by atomic mass is 10.3. The number of hydrogen-bond donors (Lipinski definition) is 2. The third-order valence-electron chi connectivity index (χ3n) is 4.24. The number of benzene rings is 1. The molecule has 3 rings (SSSR count). The number of nitrogens with zero attached hydrogens (tertiary/aromatic N) is 4. The number of aliphatic hydroxyl groups is 1. The van der Waals surface area contributed by atoms with Crippen LogP contribution >= 0.6 is 0 Å². The summed E-state index contributed by atoms with van der Waals surface area (Å²) in [6, 6.07) is 6.74. The third-order valence-corrected chi connectivity index (χ3v) is 4.24. The summed E-state index contributed by atoms with van der Waals surface area (Å²) in [6.45, 7) is 1.49. The van der Waals surface area contributed by atoms with Crippen LogP contribution < -0.4 is 21.3 Å². The van der Waals surface area contributed by atoms with E-state index in [1.807, 2.05) is 0 Å². The minimum Gasteiger partial charge on any atom is -0.491 e. The Labute approximate surface area is 159 Å². The zero-order valence-corrected chi connectivity index (χ0v) is 15.7. The summed E-state index contributed by atoms with van der Waals surface area (Å²) >= 11 is 0. The molecule has 0 aliphatic rings. The van der Waals surface area contributed by atoms with Crippen LogP contribution in [0.15, 0.2) is 40.2 Å². The zero-order chi connectivity index (χ0) is 20.4. The maximum absolute atomic E-state index is 12.4. The van der Waals surface area contributed by atoms with Crippen molar-refractivity contribution in [2.24, 2.45) is 14.1 Å². The quantitative estimate of drug-likeness (QED) is 0.606. The van der Waals surface area contributed by atoms with Crippen LogP contribution in [0.4, 0.5) is 5.69 Å². The highest BCUT2D eigenvalue weighted by molar-refractivity contribution is 5.88. The molecule has 1 atom stereocenters. The van der Waals surface area contributed by atoms with Gasteiger partial charge in [0.15, 0.2) is 11.2 Å². The molecule has 28 heavy (non-hydrogen) atoms. The summed E-state index contributed by atoms with van der Waals surface area (Å²) in [7, 11) is 2.93. The van der Waals surface area contributed by atoms with Gasteiger partial charge in [-0.25, -0.2) is 9.78 Å². The smallest absolute Gasteiger partial charge is 0.332 e. The molecule has 10 nitrogen and oxygen atoms in total. The normalized spacial score (nSPS) is 12.1. The van der Waals surface area contributed by atoms with E-state index in [2.05, 4.69) is 10.3 Å². The lowest BCUT2D eigenvalue weighted by Gasteiger charge is -2.14. The molecule has 0 aliphatic carbocycles. The number of aromatic nitrogens is 4. The van der Waals surface area contributed by atoms with E-state index in [4.69, 9.17) is 4.74 Å². The number of anilines is 1. The van der Waals surface area contributed by atoms with E-state index in [9.17, 15) is 19.5 Å². The number of nitrogens with one attached hydrogen (secondary N) is 1. The number of carbonyl (C=O) groups is 1. The molecule has 0 aliphatic heterocycles. The number of aliphatic hydroxyl groups excluding tert-OH is 1. The second kappa shape index (κ2) is 7.69. The molecule has 10 heteroatoms. The van der Waals surface area contributed by atoms with Gasteiger partial charge in [-0.15, -0.1) is 0 Å². The number of imidazole rings is 1. The fourth-order valence-corrected chi connectivity index (χ4v) is 2.85. The minimum absolute atomic E-state index is 0.00869. The van der Waals surface area contributed by atoms with Gasteiger partial charge in [0.1, 0.15) is 18.5 Å². The second-order valence-corrected chi connectivity index (χ2v) is 6.45. The molecule has 0 radical (unpaired) electrons. The number of ether oxygens (including phenoxy) is 1. The van der Waals surface area contributed by atoms with Crippen LogP contribution in [0.5, 0.6) is 5.75 Å². The first-order valence-electron chi connectivity index (χ1n) is 8.57. The van der Waals surface area contributed by atoms with Crippen molar-refractivity contribution in [1.82, 2.24) is 18.7 Å². The highest BCUT2D eigenvalue weighted by Crippen LogP contribution is 2.16. The summed E-state index contributed by atoms with van der Waals surface area (Å²) in [6.07, 6.45) is 0.506. The van der Waals surface area contributed by atoms with Gasteiger partial charge in [-0.05, 0) is 24.3 Å². The zero-order valence-electron chi connectivity index (χ0n) is 15.7. The fourth-order valence-electron chi connectivity index (χ4n) is 2.85. The maximum atomic E-state index is 12.4. The predicted molar refractivity (Wildman–Crippen MR) is 102 cm³/mol. The predicted octanol–water partition coefficient (Wildman–Crippen LogP) is -0.168. The standard InChI is InChI=1S/C18H21N5O5/c1-11(24)20-12-4-6-14(7-5-12)28-9-13(25)8-23-10-19-16-15(23)17(26)22(3)18(27)21(16)2/h4-7,10,13,25H,8-9H2,1-3H3,(H,20,24). The van der Waals surface area contributed by atoms with Gasteiger partial charge < -0.3 is 19.7 Å². The Balaban J connectivity index is 1.70. The number of hydrogen-bond acceptors (Lipinski definition) is 6. The maximum Gasteiger partial charge on any atom is 0.332 e. The Hall–Kier alpha value is -3.40. The first kappa shape index (κ1) is 19.4. The summed E-state index contributed by atoms with van der Waals surface area (Å²) in [5, 5.41) is 12.9. The van der Waals surface area contributed by atoms with Crippen molar-refractivity contribution in [3.63, 3.8) is 0 Å². The van der Waals surface area contributed by atoms with Crippen molar-refractivity contribution in [1.29, 1.82) is 0 Å². The lowest BCUT2D eigenvalue weighted by molar-refractivity contribution is -0.114. The average Bonchev–Trinajstić information content (AvgIpc) is 3.07. The van der Waals surface area contributed by atoms with Crippen LogP contribution in [0, 0.1) is 0 Å². The Morgan fingerprint density at radius 2 is 1.89 bits per heavy atom. The van der Waals surface area contributed by atoms with Crippen LogP contribution in [-0.4, -0.2) is 42.4 Å². The van der Waals surface area contributed by atoms with Crippen LogP contribution in [0.1, 0.15) is 6.92 Å². The van der Waals surface area contributed by atoms with Crippen molar-refractivity contribution >= 4 is 22.8 Å². The topological polar surface area (TPSA) is 120 Å². The van der Waals surface area contributed by atoms with Gasteiger partial charge in [0.05, 0.1) is 12.9 Å². The average molecular weight is 387 g/mol. The molecule has 148 valence electrons. The van der Waals surface area contributed by atoms with E-state index < -0.39 is 17.4 Å². The molecule has 2 aromatic heterocycles. The van der Waals surface area contributed by atoms with Crippen LogP contribution in [-0.2, 0) is 25.4 Å². The van der Waals surface area contributed by atoms with Crippen LogP contribution in [0.3, 0.4) is 0 Å². The molecule has 1 aromatic carbocycles. The fraction of sp³-hybridized carbons (Fsp3) is 0.333. The molecule has 2 heterocycles. The van der Waals surface area contributed by atoms with Gasteiger partial charge in [-0.3, -0.25) is 18.7 Å². The van der Waals surface area contributed by atoms with E-state index in [0.717, 1.165) is 4.57 Å². The van der Waals surface area contributed by atoms with Gasteiger partial charge in [0.25, 0.3) is 5.56 Å². The van der Waals surface area contributed by atoms with Crippen molar-refractivity contribution in [2.75, 3.05) is 11.9 Å². The molecule has 0 saturated heterocycles. The summed E-state index contributed by atoms with van der Waals surface area (Å²) in [5.41, 5.74) is 0.205. The second-order valence-electron chi connectivity index (χ2n) is 6.45. The molecular formula is C18H21N5O5. The van der Waals surface area contributed by atoms with Crippen molar-refractivity contribution in [3.8, 4) is 5.75 Å². The summed E-state index contributed by atoms with van der Waals surface area (Å²) in [5.74, 6) is 0.363. The van der Waals surface area contributed by atoms with Crippen LogP contribution in [0.2, 0.25) is 0 Å². The van der Waals surface area contributed by atoms with Crippen LogP contribution in [0.25, 0.3) is 11.2 Å². The Morgan fingerprint density at radius 1 is 1.21 bits per heavy atom. The molecule has 1 amide bonds. The first-order chi connectivity index (χ1) is 13.3. The van der Waals surface area contributed by atoms with E-state index in [0.29, 0.717) is 11.4 Å². The van der Waals surface area contributed by atoms with Gasteiger partial charge >= 0.3 is 5.69 Å².